The molecule has 2 aromatic rings. The van der Waals surface area contributed by atoms with Crippen LogP contribution in [0.1, 0.15) is 28.5 Å². The van der Waals surface area contributed by atoms with E-state index in [1.165, 1.54) is 4.88 Å². The maximum atomic E-state index is 10.5. The highest BCUT2D eigenvalue weighted by molar-refractivity contribution is 14.0. The minimum atomic E-state index is -0.734. The summed E-state index contributed by atoms with van der Waals surface area (Å²) in [6, 6.07) is 5.36. The van der Waals surface area contributed by atoms with E-state index < -0.39 is 6.10 Å². The molecule has 2 rings (SSSR count). The quantitative estimate of drug-likeness (QED) is 0.268. The van der Waals surface area contributed by atoms with Crippen molar-refractivity contribution >= 4 is 41.3 Å². The van der Waals surface area contributed by atoms with Crippen LogP contribution in [-0.2, 0) is 6.42 Å². The standard InChI is InChI=1S/C19H28N4O3S.HI/c1-5-20-19(21-9-8-18-22-11-13(2)27-18)23-12-15(24)14-6-7-16(25-3)17(10-14)26-4;/h6-7,10-11,15,24H,5,8-9,12H2,1-4H3,(H2,20,21,23);1H. The van der Waals surface area contributed by atoms with E-state index in [9.17, 15) is 5.11 Å². The van der Waals surface area contributed by atoms with Crippen molar-refractivity contribution in [1.29, 1.82) is 0 Å². The Morgan fingerprint density at radius 3 is 2.61 bits per heavy atom. The average Bonchev–Trinajstić information content (AvgIpc) is 3.10. The summed E-state index contributed by atoms with van der Waals surface area (Å²) < 4.78 is 10.5. The molecule has 1 heterocycles. The number of guanidine groups is 1. The van der Waals surface area contributed by atoms with Crippen molar-refractivity contribution in [3.8, 4) is 11.5 Å². The Balaban J connectivity index is 0.00000392. The topological polar surface area (TPSA) is 88.0 Å². The molecule has 0 amide bonds. The summed E-state index contributed by atoms with van der Waals surface area (Å²) >= 11 is 1.70. The van der Waals surface area contributed by atoms with E-state index >= 15 is 0 Å². The smallest absolute Gasteiger partial charge is 0.191 e. The number of methoxy groups -OCH3 is 2. The van der Waals surface area contributed by atoms with Crippen LogP contribution < -0.4 is 20.1 Å². The fourth-order valence-corrected chi connectivity index (χ4v) is 3.28. The normalized spacial score (nSPS) is 12.1. The first-order valence-electron chi connectivity index (χ1n) is 8.90. The zero-order valence-electron chi connectivity index (χ0n) is 16.7. The number of aromatic nitrogens is 1. The molecular formula is C19H29IN4O3S. The van der Waals surface area contributed by atoms with Gasteiger partial charge in [0.1, 0.15) is 0 Å². The van der Waals surface area contributed by atoms with E-state index in [2.05, 4.69) is 27.5 Å². The predicted octanol–water partition coefficient (Wildman–Crippen LogP) is 2.92. The zero-order chi connectivity index (χ0) is 19.6. The number of hydrogen-bond donors (Lipinski definition) is 3. The molecule has 1 aromatic heterocycles. The number of ether oxygens (including phenoxy) is 2. The summed E-state index contributed by atoms with van der Waals surface area (Å²) in [4.78, 5) is 10.1. The van der Waals surface area contributed by atoms with Crippen LogP contribution in [-0.4, -0.2) is 49.9 Å². The van der Waals surface area contributed by atoms with E-state index in [-0.39, 0.29) is 30.5 Å². The first kappa shape index (κ1) is 24.4. The molecule has 1 aromatic carbocycles. The van der Waals surface area contributed by atoms with E-state index in [1.807, 2.05) is 19.2 Å². The van der Waals surface area contributed by atoms with Gasteiger partial charge in [0.15, 0.2) is 17.5 Å². The van der Waals surface area contributed by atoms with Gasteiger partial charge in [-0.1, -0.05) is 6.07 Å². The summed E-state index contributed by atoms with van der Waals surface area (Å²) in [6.45, 7) is 5.77. The predicted molar refractivity (Wildman–Crippen MR) is 124 cm³/mol. The minimum Gasteiger partial charge on any atom is -0.493 e. The van der Waals surface area contributed by atoms with Crippen molar-refractivity contribution in [2.75, 3.05) is 33.9 Å². The molecular weight excluding hydrogens is 491 g/mol. The number of hydrogen-bond acceptors (Lipinski definition) is 6. The van der Waals surface area contributed by atoms with Gasteiger partial charge in [0.25, 0.3) is 0 Å². The second kappa shape index (κ2) is 12.8. The van der Waals surface area contributed by atoms with Crippen molar-refractivity contribution in [3.63, 3.8) is 0 Å². The van der Waals surface area contributed by atoms with Crippen LogP contribution >= 0.6 is 35.3 Å². The van der Waals surface area contributed by atoms with Gasteiger partial charge < -0.3 is 25.2 Å². The van der Waals surface area contributed by atoms with Crippen LogP contribution in [0.25, 0.3) is 0 Å². The Labute approximate surface area is 187 Å². The molecule has 1 unspecified atom stereocenters. The number of aliphatic imine (C=N–C) groups is 1. The lowest BCUT2D eigenvalue weighted by Gasteiger charge is -2.14. The number of nitrogens with one attached hydrogen (secondary N) is 2. The number of aliphatic hydroxyl groups is 1. The van der Waals surface area contributed by atoms with E-state index in [1.54, 1.807) is 37.7 Å². The lowest BCUT2D eigenvalue weighted by molar-refractivity contribution is 0.186. The monoisotopic (exact) mass is 520 g/mol. The molecule has 3 N–H and O–H groups in total. The summed E-state index contributed by atoms with van der Waals surface area (Å²) in [6.07, 6.45) is 1.99. The van der Waals surface area contributed by atoms with Gasteiger partial charge in [-0.05, 0) is 31.5 Å². The number of aryl methyl sites for hydroxylation is 1. The van der Waals surface area contributed by atoms with Crippen LogP contribution in [0, 0.1) is 6.92 Å². The van der Waals surface area contributed by atoms with Gasteiger partial charge in [-0.3, -0.25) is 4.99 Å². The summed E-state index contributed by atoms with van der Waals surface area (Å²) in [5, 5.41) is 18.0. The molecule has 0 aliphatic carbocycles. The molecule has 28 heavy (non-hydrogen) atoms. The Kier molecular flexibility index (Phi) is 11.2. The molecule has 9 heteroatoms. The lowest BCUT2D eigenvalue weighted by atomic mass is 10.1. The minimum absolute atomic E-state index is 0. The zero-order valence-corrected chi connectivity index (χ0v) is 19.8. The van der Waals surface area contributed by atoms with Gasteiger partial charge in [0, 0.05) is 30.6 Å². The van der Waals surface area contributed by atoms with Crippen LogP contribution in [0.4, 0.5) is 0 Å². The summed E-state index contributed by atoms with van der Waals surface area (Å²) in [5.41, 5.74) is 0.727. The third-order valence-electron chi connectivity index (χ3n) is 3.86. The van der Waals surface area contributed by atoms with Crippen molar-refractivity contribution in [2.45, 2.75) is 26.4 Å². The molecule has 0 fully saturated rings. The maximum Gasteiger partial charge on any atom is 0.191 e. The molecule has 7 nitrogen and oxygen atoms in total. The largest absolute Gasteiger partial charge is 0.493 e. The van der Waals surface area contributed by atoms with Crippen LogP contribution in [0.2, 0.25) is 0 Å². The number of thiazole rings is 1. The number of halogens is 1. The second-order valence-electron chi connectivity index (χ2n) is 5.89. The average molecular weight is 520 g/mol. The number of nitrogens with zero attached hydrogens (tertiary/aromatic N) is 2. The Bertz CT molecular complexity index is 755. The van der Waals surface area contributed by atoms with Crippen molar-refractivity contribution in [2.24, 2.45) is 4.99 Å². The molecule has 0 radical (unpaired) electrons. The van der Waals surface area contributed by atoms with Crippen LogP contribution in [0.15, 0.2) is 29.4 Å². The fraction of sp³-hybridized carbons (Fsp3) is 0.474. The molecule has 0 spiro atoms. The van der Waals surface area contributed by atoms with Crippen molar-refractivity contribution in [3.05, 3.63) is 39.8 Å². The van der Waals surface area contributed by atoms with Gasteiger partial charge in [-0.15, -0.1) is 35.3 Å². The highest BCUT2D eigenvalue weighted by Gasteiger charge is 2.12. The molecule has 0 saturated carbocycles. The molecule has 0 aliphatic rings. The van der Waals surface area contributed by atoms with Gasteiger partial charge in [-0.2, -0.15) is 0 Å². The van der Waals surface area contributed by atoms with E-state index in [4.69, 9.17) is 9.47 Å². The SMILES string of the molecule is CCNC(=NCC(O)c1ccc(OC)c(OC)c1)NCCc1ncc(C)s1.I. The Morgan fingerprint density at radius 1 is 1.25 bits per heavy atom. The van der Waals surface area contributed by atoms with Crippen molar-refractivity contribution < 1.29 is 14.6 Å². The van der Waals surface area contributed by atoms with E-state index in [0.29, 0.717) is 17.5 Å². The number of benzene rings is 1. The molecule has 0 aliphatic heterocycles. The molecule has 156 valence electrons. The van der Waals surface area contributed by atoms with Crippen LogP contribution in [0.3, 0.4) is 0 Å². The Morgan fingerprint density at radius 2 is 2.00 bits per heavy atom. The second-order valence-corrected chi connectivity index (χ2v) is 7.21. The van der Waals surface area contributed by atoms with Crippen molar-refractivity contribution in [1.82, 2.24) is 15.6 Å². The Hall–Kier alpha value is -1.59. The molecule has 0 saturated heterocycles. The maximum absolute atomic E-state index is 10.5. The van der Waals surface area contributed by atoms with Gasteiger partial charge in [0.2, 0.25) is 0 Å². The van der Waals surface area contributed by atoms with E-state index in [0.717, 1.165) is 30.1 Å². The third-order valence-corrected chi connectivity index (χ3v) is 4.83. The fourth-order valence-electron chi connectivity index (χ4n) is 2.49. The van der Waals surface area contributed by atoms with Gasteiger partial charge in [-0.25, -0.2) is 4.98 Å². The highest BCUT2D eigenvalue weighted by Crippen LogP contribution is 2.30. The highest BCUT2D eigenvalue weighted by atomic mass is 127. The number of aliphatic hydroxyl groups excluding tert-OH is 1. The molecule has 1 atom stereocenters. The third kappa shape index (κ3) is 7.44. The van der Waals surface area contributed by atoms with Crippen LogP contribution in [0.5, 0.6) is 11.5 Å². The van der Waals surface area contributed by atoms with Gasteiger partial charge >= 0.3 is 0 Å². The summed E-state index contributed by atoms with van der Waals surface area (Å²) in [7, 11) is 3.16. The lowest BCUT2D eigenvalue weighted by Crippen LogP contribution is -2.38. The first-order valence-corrected chi connectivity index (χ1v) is 9.72. The van der Waals surface area contributed by atoms with Gasteiger partial charge in [0.05, 0.1) is 31.9 Å². The number of rotatable bonds is 9. The summed E-state index contributed by atoms with van der Waals surface area (Å²) in [5.74, 6) is 1.89. The molecule has 0 bridgehead atoms. The first-order chi connectivity index (χ1) is 13.1.